The number of esters is 1. The van der Waals surface area contributed by atoms with E-state index in [1.807, 2.05) is 39.0 Å². The second-order valence-electron chi connectivity index (χ2n) is 6.68. The molecule has 0 unspecified atom stereocenters. The molecule has 0 aliphatic rings. The SMILES string of the molecule is CC(C)(C)OC(=O)/C=C(/N[Si](C)(C)C)c1ccccn1. The molecule has 0 atom stereocenters. The Labute approximate surface area is 122 Å². The molecule has 1 rings (SSSR count). The Balaban J connectivity index is 3.02. The van der Waals surface area contributed by atoms with Crippen molar-refractivity contribution in [1.29, 1.82) is 0 Å². The smallest absolute Gasteiger partial charge is 0.333 e. The Morgan fingerprint density at radius 3 is 2.40 bits per heavy atom. The van der Waals surface area contributed by atoms with E-state index in [0.717, 1.165) is 11.4 Å². The first-order chi connectivity index (χ1) is 9.07. The zero-order valence-corrected chi connectivity index (χ0v) is 14.2. The highest BCUT2D eigenvalue weighted by molar-refractivity contribution is 6.74. The normalized spacial score (nSPS) is 13.0. The molecule has 4 nitrogen and oxygen atoms in total. The molecule has 0 aliphatic heterocycles. The predicted octanol–water partition coefficient (Wildman–Crippen LogP) is 3.19. The van der Waals surface area contributed by atoms with Gasteiger partial charge in [0.2, 0.25) is 0 Å². The zero-order chi connectivity index (χ0) is 15.4. The van der Waals surface area contributed by atoms with E-state index in [2.05, 4.69) is 29.6 Å². The topological polar surface area (TPSA) is 51.2 Å². The van der Waals surface area contributed by atoms with Crippen LogP contribution in [0.15, 0.2) is 30.5 Å². The summed E-state index contributed by atoms with van der Waals surface area (Å²) in [7, 11) is -1.59. The first-order valence-electron chi connectivity index (χ1n) is 6.71. The largest absolute Gasteiger partial charge is 0.457 e. The molecular formula is C15H24N2O2Si. The maximum Gasteiger partial charge on any atom is 0.333 e. The van der Waals surface area contributed by atoms with Crippen molar-refractivity contribution in [3.63, 3.8) is 0 Å². The van der Waals surface area contributed by atoms with Gasteiger partial charge >= 0.3 is 5.97 Å². The maximum atomic E-state index is 12.0. The Bertz CT molecular complexity index is 485. The minimum atomic E-state index is -1.59. The van der Waals surface area contributed by atoms with Crippen LogP contribution in [0, 0.1) is 0 Å². The monoisotopic (exact) mass is 292 g/mol. The molecule has 20 heavy (non-hydrogen) atoms. The molecule has 0 saturated heterocycles. The summed E-state index contributed by atoms with van der Waals surface area (Å²) in [5.74, 6) is -0.357. The molecular weight excluding hydrogens is 268 g/mol. The van der Waals surface area contributed by atoms with Gasteiger partial charge < -0.3 is 9.72 Å². The van der Waals surface area contributed by atoms with Crippen LogP contribution in [0.25, 0.3) is 5.70 Å². The summed E-state index contributed by atoms with van der Waals surface area (Å²) in [6, 6.07) is 5.63. The summed E-state index contributed by atoms with van der Waals surface area (Å²) in [5.41, 5.74) is 0.974. The molecule has 1 aromatic rings. The lowest BCUT2D eigenvalue weighted by Crippen LogP contribution is -2.40. The van der Waals surface area contributed by atoms with Crippen LogP contribution in [0.1, 0.15) is 26.5 Å². The van der Waals surface area contributed by atoms with E-state index in [-0.39, 0.29) is 5.97 Å². The molecule has 1 aromatic heterocycles. The number of pyridine rings is 1. The van der Waals surface area contributed by atoms with Crippen molar-refractivity contribution in [2.75, 3.05) is 0 Å². The maximum absolute atomic E-state index is 12.0. The summed E-state index contributed by atoms with van der Waals surface area (Å²) in [6.07, 6.45) is 3.20. The van der Waals surface area contributed by atoms with Crippen molar-refractivity contribution < 1.29 is 9.53 Å². The fourth-order valence-corrected chi connectivity index (χ4v) is 2.56. The Hall–Kier alpha value is -1.62. The quantitative estimate of drug-likeness (QED) is 0.526. The van der Waals surface area contributed by atoms with Gasteiger partial charge in [0.25, 0.3) is 0 Å². The number of hydrogen-bond acceptors (Lipinski definition) is 4. The highest BCUT2D eigenvalue weighted by atomic mass is 28.3. The number of rotatable bonds is 4. The average molecular weight is 292 g/mol. The van der Waals surface area contributed by atoms with Gasteiger partial charge in [-0.3, -0.25) is 4.98 Å². The molecule has 110 valence electrons. The zero-order valence-electron chi connectivity index (χ0n) is 13.2. The summed E-state index contributed by atoms with van der Waals surface area (Å²) < 4.78 is 5.34. The summed E-state index contributed by atoms with van der Waals surface area (Å²) in [4.78, 5) is 19.7. The van der Waals surface area contributed by atoms with Gasteiger partial charge in [-0.2, -0.15) is 0 Å². The fraction of sp³-hybridized carbons (Fsp3) is 0.467. The van der Waals surface area contributed by atoms with Gasteiger partial charge in [-0.05, 0) is 32.9 Å². The van der Waals surface area contributed by atoms with E-state index in [9.17, 15) is 4.79 Å². The van der Waals surface area contributed by atoms with Crippen LogP contribution >= 0.6 is 0 Å². The molecule has 0 amide bonds. The molecule has 0 aliphatic carbocycles. The Morgan fingerprint density at radius 2 is 1.95 bits per heavy atom. The molecule has 0 saturated carbocycles. The second kappa shape index (κ2) is 6.22. The first kappa shape index (κ1) is 16.4. The second-order valence-corrected chi connectivity index (χ2v) is 11.4. The van der Waals surface area contributed by atoms with Gasteiger partial charge in [0, 0.05) is 12.3 Å². The van der Waals surface area contributed by atoms with Crippen LogP contribution in [0.3, 0.4) is 0 Å². The molecule has 1 N–H and O–H groups in total. The molecule has 1 heterocycles. The van der Waals surface area contributed by atoms with Gasteiger partial charge in [-0.1, -0.05) is 25.7 Å². The third-order valence-corrected chi connectivity index (χ3v) is 3.14. The van der Waals surface area contributed by atoms with Crippen molar-refractivity contribution in [3.05, 3.63) is 36.2 Å². The minimum Gasteiger partial charge on any atom is -0.457 e. The lowest BCUT2D eigenvalue weighted by Gasteiger charge is -2.23. The highest BCUT2D eigenvalue weighted by Gasteiger charge is 2.19. The number of nitrogens with zero attached hydrogens (tertiary/aromatic N) is 1. The number of carbonyl (C=O) groups is 1. The predicted molar refractivity (Wildman–Crippen MR) is 84.5 cm³/mol. The molecule has 5 heteroatoms. The van der Waals surface area contributed by atoms with Crippen molar-refractivity contribution in [3.8, 4) is 0 Å². The van der Waals surface area contributed by atoms with Crippen molar-refractivity contribution in [2.24, 2.45) is 0 Å². The van der Waals surface area contributed by atoms with Gasteiger partial charge in [-0.25, -0.2) is 4.79 Å². The molecule has 0 bridgehead atoms. The van der Waals surface area contributed by atoms with E-state index >= 15 is 0 Å². The van der Waals surface area contributed by atoms with E-state index in [1.54, 1.807) is 6.20 Å². The van der Waals surface area contributed by atoms with Gasteiger partial charge in [-0.15, -0.1) is 0 Å². The minimum absolute atomic E-state index is 0.357. The fourth-order valence-electron chi connectivity index (χ4n) is 1.55. The lowest BCUT2D eigenvalue weighted by atomic mass is 10.2. The standard InChI is InChI=1S/C15H24N2O2Si/c1-15(2,3)19-14(18)11-13(17-20(4,5)6)12-9-7-8-10-16-12/h7-11,17H,1-6H3/b13-11+. The number of ether oxygens (including phenoxy) is 1. The van der Waals surface area contributed by atoms with E-state index in [1.165, 1.54) is 6.08 Å². The lowest BCUT2D eigenvalue weighted by molar-refractivity contribution is -0.148. The number of carbonyl (C=O) groups excluding carboxylic acids is 1. The summed E-state index contributed by atoms with van der Waals surface area (Å²) in [6.45, 7) is 12.1. The number of aromatic nitrogens is 1. The Kier molecular flexibility index (Phi) is 5.11. The molecule has 0 spiro atoms. The van der Waals surface area contributed by atoms with Gasteiger partial charge in [0.1, 0.15) is 13.8 Å². The molecule has 0 radical (unpaired) electrons. The third kappa shape index (κ3) is 6.52. The third-order valence-electron chi connectivity index (χ3n) is 2.12. The highest BCUT2D eigenvalue weighted by Crippen LogP contribution is 2.14. The van der Waals surface area contributed by atoms with E-state index < -0.39 is 13.8 Å². The first-order valence-corrected chi connectivity index (χ1v) is 10.2. The summed E-state index contributed by atoms with van der Waals surface area (Å²) in [5, 5.41) is 0. The van der Waals surface area contributed by atoms with Gasteiger partial charge in [0.15, 0.2) is 0 Å². The Morgan fingerprint density at radius 1 is 1.30 bits per heavy atom. The van der Waals surface area contributed by atoms with Crippen LogP contribution in [0.5, 0.6) is 0 Å². The van der Waals surface area contributed by atoms with E-state index in [0.29, 0.717) is 0 Å². The van der Waals surface area contributed by atoms with Crippen molar-refractivity contribution >= 4 is 19.9 Å². The van der Waals surface area contributed by atoms with E-state index in [4.69, 9.17) is 4.74 Å². The molecule has 0 fully saturated rings. The van der Waals surface area contributed by atoms with Crippen LogP contribution in [-0.2, 0) is 9.53 Å². The van der Waals surface area contributed by atoms with Crippen LogP contribution < -0.4 is 4.98 Å². The van der Waals surface area contributed by atoms with Crippen LogP contribution in [0.2, 0.25) is 19.6 Å². The van der Waals surface area contributed by atoms with Crippen LogP contribution in [0.4, 0.5) is 0 Å². The number of hydrogen-bond donors (Lipinski definition) is 1. The summed E-state index contributed by atoms with van der Waals surface area (Å²) >= 11 is 0. The van der Waals surface area contributed by atoms with Gasteiger partial charge in [0.05, 0.1) is 11.4 Å². The van der Waals surface area contributed by atoms with Crippen molar-refractivity contribution in [1.82, 2.24) is 9.97 Å². The number of nitrogens with one attached hydrogen (secondary N) is 1. The van der Waals surface area contributed by atoms with Crippen molar-refractivity contribution in [2.45, 2.75) is 46.0 Å². The molecule has 0 aromatic carbocycles. The average Bonchev–Trinajstić information content (AvgIpc) is 2.25. The van der Waals surface area contributed by atoms with Crippen LogP contribution in [-0.4, -0.2) is 24.8 Å².